The van der Waals surface area contributed by atoms with Crippen LogP contribution in [0.4, 0.5) is 19.0 Å². The average Bonchev–Trinajstić information content (AvgIpc) is 3.22. The lowest BCUT2D eigenvalue weighted by atomic mass is 9.96. The van der Waals surface area contributed by atoms with Gasteiger partial charge in [0.05, 0.1) is 19.5 Å². The maximum atomic E-state index is 13.2. The summed E-state index contributed by atoms with van der Waals surface area (Å²) in [6, 6.07) is 4.03. The average molecular weight is 476 g/mol. The molecule has 5 rings (SSSR count). The molecule has 2 aliphatic heterocycles. The molecule has 2 aliphatic rings. The van der Waals surface area contributed by atoms with Gasteiger partial charge < -0.3 is 14.2 Å². The van der Waals surface area contributed by atoms with Gasteiger partial charge in [0.25, 0.3) is 0 Å². The zero-order valence-corrected chi connectivity index (χ0v) is 19.1. The molecule has 11 heteroatoms. The number of morpholine rings is 1. The summed E-state index contributed by atoms with van der Waals surface area (Å²) < 4.78 is 46.2. The van der Waals surface area contributed by atoms with Crippen LogP contribution >= 0.6 is 0 Å². The van der Waals surface area contributed by atoms with E-state index in [2.05, 4.69) is 25.9 Å². The number of hydrogen-bond acceptors (Lipinski definition) is 7. The molecule has 3 aromatic heterocycles. The van der Waals surface area contributed by atoms with Gasteiger partial charge in [-0.2, -0.15) is 13.2 Å². The van der Waals surface area contributed by atoms with E-state index in [4.69, 9.17) is 9.72 Å². The lowest BCUT2D eigenvalue weighted by molar-refractivity contribution is -0.140. The number of alkyl halides is 3. The molecule has 182 valence electrons. The SMILES string of the molecule is Cc1ncccc1CN1CCCC(c2nc(N3CCOCC3)c3ncn(CC(F)(F)F)c3n2)C1. The van der Waals surface area contributed by atoms with Crippen molar-refractivity contribution < 1.29 is 17.9 Å². The molecule has 0 bridgehead atoms. The van der Waals surface area contributed by atoms with Crippen LogP contribution in [-0.2, 0) is 17.8 Å². The zero-order chi connectivity index (χ0) is 23.7. The molecule has 1 unspecified atom stereocenters. The van der Waals surface area contributed by atoms with Gasteiger partial charge in [-0.05, 0) is 37.9 Å². The summed E-state index contributed by atoms with van der Waals surface area (Å²) in [6.07, 6.45) is 0.516. The van der Waals surface area contributed by atoms with E-state index in [0.29, 0.717) is 43.5 Å². The monoisotopic (exact) mass is 475 g/mol. The molecular weight excluding hydrogens is 447 g/mol. The number of aromatic nitrogens is 5. The molecule has 34 heavy (non-hydrogen) atoms. The number of hydrogen-bond donors (Lipinski definition) is 0. The predicted molar refractivity (Wildman–Crippen MR) is 121 cm³/mol. The third kappa shape index (κ3) is 5.00. The first-order valence-electron chi connectivity index (χ1n) is 11.6. The molecule has 1 atom stereocenters. The number of rotatable bonds is 5. The molecule has 0 aromatic carbocycles. The van der Waals surface area contributed by atoms with Crippen molar-refractivity contribution in [3.8, 4) is 0 Å². The minimum Gasteiger partial charge on any atom is -0.378 e. The highest BCUT2D eigenvalue weighted by molar-refractivity contribution is 5.83. The standard InChI is InChI=1S/C23H28F3N7O/c1-16-17(4-2-6-27-16)12-31-7-3-5-18(13-31)20-29-21(32-8-10-34-11-9-32)19-22(30-20)33(15-28-19)14-23(24,25)26/h2,4,6,15,18H,3,5,7-14H2,1H3. The van der Waals surface area contributed by atoms with Gasteiger partial charge in [-0.15, -0.1) is 0 Å². The number of pyridine rings is 1. The second-order valence-corrected chi connectivity index (χ2v) is 8.99. The number of likely N-dealkylation sites (tertiary alicyclic amines) is 1. The highest BCUT2D eigenvalue weighted by atomic mass is 19.4. The fourth-order valence-electron chi connectivity index (χ4n) is 4.77. The van der Waals surface area contributed by atoms with E-state index in [1.54, 1.807) is 6.20 Å². The number of ether oxygens (including phenoxy) is 1. The first kappa shape index (κ1) is 23.0. The van der Waals surface area contributed by atoms with Gasteiger partial charge in [0.15, 0.2) is 17.0 Å². The Labute approximate surface area is 195 Å². The van der Waals surface area contributed by atoms with Crippen LogP contribution in [0.3, 0.4) is 0 Å². The Morgan fingerprint density at radius 3 is 2.71 bits per heavy atom. The normalized spacial score (nSPS) is 20.2. The van der Waals surface area contributed by atoms with Crippen LogP contribution in [0, 0.1) is 6.92 Å². The highest BCUT2D eigenvalue weighted by Gasteiger charge is 2.31. The van der Waals surface area contributed by atoms with Gasteiger partial charge in [0.1, 0.15) is 12.4 Å². The molecule has 2 saturated heterocycles. The molecule has 0 amide bonds. The highest BCUT2D eigenvalue weighted by Crippen LogP contribution is 2.31. The van der Waals surface area contributed by atoms with Gasteiger partial charge in [-0.25, -0.2) is 15.0 Å². The number of aryl methyl sites for hydroxylation is 1. The van der Waals surface area contributed by atoms with E-state index in [1.807, 2.05) is 17.9 Å². The Hall–Kier alpha value is -2.79. The van der Waals surface area contributed by atoms with E-state index >= 15 is 0 Å². The van der Waals surface area contributed by atoms with Crippen LogP contribution in [0.5, 0.6) is 0 Å². The van der Waals surface area contributed by atoms with Crippen molar-refractivity contribution in [2.45, 2.75) is 44.9 Å². The summed E-state index contributed by atoms with van der Waals surface area (Å²) in [6.45, 7) is 5.69. The van der Waals surface area contributed by atoms with Crippen LogP contribution < -0.4 is 4.90 Å². The lowest BCUT2D eigenvalue weighted by Gasteiger charge is -2.33. The fourth-order valence-corrected chi connectivity index (χ4v) is 4.77. The molecule has 0 saturated carbocycles. The molecule has 5 heterocycles. The van der Waals surface area contributed by atoms with Gasteiger partial charge in [0.2, 0.25) is 0 Å². The van der Waals surface area contributed by atoms with E-state index in [9.17, 15) is 13.2 Å². The summed E-state index contributed by atoms with van der Waals surface area (Å²) in [5, 5.41) is 0. The quantitative estimate of drug-likeness (QED) is 0.561. The molecule has 0 aliphatic carbocycles. The second kappa shape index (κ2) is 9.46. The van der Waals surface area contributed by atoms with Crippen molar-refractivity contribution >= 4 is 17.0 Å². The zero-order valence-electron chi connectivity index (χ0n) is 19.1. The molecule has 0 spiro atoms. The van der Waals surface area contributed by atoms with Gasteiger partial charge >= 0.3 is 6.18 Å². The number of nitrogens with zero attached hydrogens (tertiary/aromatic N) is 7. The Balaban J connectivity index is 1.47. The Kier molecular flexibility index (Phi) is 6.39. The van der Waals surface area contributed by atoms with Crippen LogP contribution in [0.15, 0.2) is 24.7 Å². The number of halogens is 3. The Bertz CT molecular complexity index is 1140. The Morgan fingerprint density at radius 1 is 1.12 bits per heavy atom. The van der Waals surface area contributed by atoms with E-state index in [-0.39, 0.29) is 11.6 Å². The molecule has 2 fully saturated rings. The molecule has 8 nitrogen and oxygen atoms in total. The number of piperidine rings is 1. The van der Waals surface area contributed by atoms with Gasteiger partial charge in [0, 0.05) is 44.0 Å². The van der Waals surface area contributed by atoms with E-state index in [1.165, 1.54) is 11.9 Å². The van der Waals surface area contributed by atoms with Crippen molar-refractivity contribution in [1.82, 2.24) is 29.4 Å². The first-order valence-corrected chi connectivity index (χ1v) is 11.6. The topological polar surface area (TPSA) is 72.2 Å². The summed E-state index contributed by atoms with van der Waals surface area (Å²) in [5.74, 6) is 1.22. The van der Waals surface area contributed by atoms with Crippen LogP contribution in [-0.4, -0.2) is 75.0 Å². The van der Waals surface area contributed by atoms with Gasteiger partial charge in [-0.1, -0.05) is 6.07 Å². The number of imidazole rings is 1. The third-order valence-corrected chi connectivity index (χ3v) is 6.50. The molecule has 3 aromatic rings. The number of fused-ring (bicyclic) bond motifs is 1. The summed E-state index contributed by atoms with van der Waals surface area (Å²) in [4.78, 5) is 22.6. The maximum absolute atomic E-state index is 13.2. The molecule has 0 radical (unpaired) electrons. The van der Waals surface area contributed by atoms with Crippen molar-refractivity contribution in [2.75, 3.05) is 44.3 Å². The van der Waals surface area contributed by atoms with E-state index in [0.717, 1.165) is 42.7 Å². The summed E-state index contributed by atoms with van der Waals surface area (Å²) in [7, 11) is 0. The molecular formula is C23H28F3N7O. The Morgan fingerprint density at radius 2 is 1.94 bits per heavy atom. The van der Waals surface area contributed by atoms with Crippen molar-refractivity contribution in [1.29, 1.82) is 0 Å². The second-order valence-electron chi connectivity index (χ2n) is 8.99. The third-order valence-electron chi connectivity index (χ3n) is 6.50. The van der Waals surface area contributed by atoms with Crippen molar-refractivity contribution in [3.63, 3.8) is 0 Å². The van der Waals surface area contributed by atoms with Gasteiger partial charge in [-0.3, -0.25) is 9.88 Å². The summed E-state index contributed by atoms with van der Waals surface area (Å²) >= 11 is 0. The van der Waals surface area contributed by atoms with E-state index < -0.39 is 12.7 Å². The van der Waals surface area contributed by atoms with Crippen molar-refractivity contribution in [3.05, 3.63) is 41.7 Å². The van der Waals surface area contributed by atoms with Crippen LogP contribution in [0.1, 0.15) is 35.8 Å². The first-order chi connectivity index (χ1) is 16.4. The minimum absolute atomic E-state index is 0.0316. The molecule has 0 N–H and O–H groups in total. The number of anilines is 1. The lowest BCUT2D eigenvalue weighted by Crippen LogP contribution is -2.38. The largest absolute Gasteiger partial charge is 0.406 e. The minimum atomic E-state index is -4.36. The van der Waals surface area contributed by atoms with Crippen molar-refractivity contribution in [2.24, 2.45) is 0 Å². The van der Waals surface area contributed by atoms with Crippen LogP contribution in [0.25, 0.3) is 11.2 Å². The van der Waals surface area contributed by atoms with Crippen LogP contribution in [0.2, 0.25) is 0 Å². The smallest absolute Gasteiger partial charge is 0.378 e. The predicted octanol–water partition coefficient (Wildman–Crippen LogP) is 3.31. The fraction of sp³-hybridized carbons (Fsp3) is 0.565. The summed E-state index contributed by atoms with van der Waals surface area (Å²) in [5.41, 5.74) is 2.84. The maximum Gasteiger partial charge on any atom is 0.406 e.